The number of carboxylic acid groups (broad SMARTS) is 1. The van der Waals surface area contributed by atoms with Gasteiger partial charge in [0.2, 0.25) is 0 Å². The van der Waals surface area contributed by atoms with Crippen molar-refractivity contribution in [1.29, 1.82) is 0 Å². The van der Waals surface area contributed by atoms with Crippen LogP contribution in [-0.4, -0.2) is 26.1 Å². The second-order valence-corrected chi connectivity index (χ2v) is 3.69. The largest absolute Gasteiger partial charge is 0.476 e. The molecule has 0 saturated carbocycles. The first-order valence-electron chi connectivity index (χ1n) is 5.23. The Kier molecular flexibility index (Phi) is 3.82. The Bertz CT molecular complexity index is 342. The molecule has 0 aliphatic heterocycles. The highest BCUT2D eigenvalue weighted by Gasteiger charge is 2.16. The third-order valence-corrected chi connectivity index (χ3v) is 2.77. The molecule has 5 heteroatoms. The predicted octanol–water partition coefficient (Wildman–Crippen LogP) is 1.72. The van der Waals surface area contributed by atoms with E-state index in [-0.39, 0.29) is 5.69 Å². The van der Waals surface area contributed by atoms with Crippen LogP contribution in [0.3, 0.4) is 0 Å². The molecule has 0 atom stereocenters. The van der Waals surface area contributed by atoms with Gasteiger partial charge >= 0.3 is 5.97 Å². The van der Waals surface area contributed by atoms with Crippen molar-refractivity contribution in [2.24, 2.45) is 5.92 Å². The van der Waals surface area contributed by atoms with E-state index in [1.807, 2.05) is 0 Å². The van der Waals surface area contributed by atoms with Crippen molar-refractivity contribution in [2.45, 2.75) is 40.2 Å². The lowest BCUT2D eigenvalue weighted by atomic mass is 10.0. The van der Waals surface area contributed by atoms with Crippen LogP contribution in [0.4, 0.5) is 0 Å². The zero-order valence-electron chi connectivity index (χ0n) is 9.40. The summed E-state index contributed by atoms with van der Waals surface area (Å²) in [5.41, 5.74) is 0.690. The number of nitrogens with zero attached hydrogens (tertiary/aromatic N) is 3. The van der Waals surface area contributed by atoms with E-state index < -0.39 is 5.97 Å². The van der Waals surface area contributed by atoms with Crippen LogP contribution in [0, 0.1) is 12.8 Å². The fourth-order valence-corrected chi connectivity index (χ4v) is 1.52. The van der Waals surface area contributed by atoms with Crippen LogP contribution in [0.25, 0.3) is 0 Å². The SMILES string of the molecule is CCC(CC)Cn1nnc(C(=O)O)c1C. The molecular weight excluding hydrogens is 194 g/mol. The van der Waals surface area contributed by atoms with Crippen LogP contribution in [0.2, 0.25) is 0 Å². The minimum atomic E-state index is -1.01. The summed E-state index contributed by atoms with van der Waals surface area (Å²) in [6.07, 6.45) is 2.14. The molecule has 0 fully saturated rings. The van der Waals surface area contributed by atoms with Crippen LogP contribution in [0.5, 0.6) is 0 Å². The van der Waals surface area contributed by atoms with Crippen molar-refractivity contribution in [1.82, 2.24) is 15.0 Å². The van der Waals surface area contributed by atoms with Gasteiger partial charge in [-0.1, -0.05) is 31.9 Å². The van der Waals surface area contributed by atoms with E-state index in [9.17, 15) is 4.79 Å². The topological polar surface area (TPSA) is 68.0 Å². The van der Waals surface area contributed by atoms with Gasteiger partial charge in [0.1, 0.15) is 0 Å². The van der Waals surface area contributed by atoms with E-state index in [2.05, 4.69) is 24.2 Å². The minimum Gasteiger partial charge on any atom is -0.476 e. The fourth-order valence-electron chi connectivity index (χ4n) is 1.52. The third-order valence-electron chi connectivity index (χ3n) is 2.77. The van der Waals surface area contributed by atoms with Gasteiger partial charge in [-0.05, 0) is 12.8 Å². The molecule has 1 heterocycles. The molecule has 0 radical (unpaired) electrons. The van der Waals surface area contributed by atoms with E-state index in [1.54, 1.807) is 11.6 Å². The summed E-state index contributed by atoms with van der Waals surface area (Å²) in [4.78, 5) is 10.7. The van der Waals surface area contributed by atoms with Gasteiger partial charge in [0.25, 0.3) is 0 Å². The molecule has 84 valence electrons. The van der Waals surface area contributed by atoms with Crippen LogP contribution in [-0.2, 0) is 6.54 Å². The average molecular weight is 211 g/mol. The first-order chi connectivity index (χ1) is 7.10. The maximum Gasteiger partial charge on any atom is 0.358 e. The van der Waals surface area contributed by atoms with Gasteiger partial charge in [-0.3, -0.25) is 0 Å². The predicted molar refractivity (Wildman–Crippen MR) is 55.8 cm³/mol. The Labute approximate surface area is 89.1 Å². The van der Waals surface area contributed by atoms with Crippen LogP contribution in [0.1, 0.15) is 42.9 Å². The van der Waals surface area contributed by atoms with E-state index >= 15 is 0 Å². The van der Waals surface area contributed by atoms with Crippen LogP contribution >= 0.6 is 0 Å². The molecule has 1 rings (SSSR count). The molecule has 0 bridgehead atoms. The van der Waals surface area contributed by atoms with Crippen molar-refractivity contribution >= 4 is 5.97 Å². The lowest BCUT2D eigenvalue weighted by Crippen LogP contribution is -2.12. The molecule has 1 aromatic heterocycles. The molecule has 5 nitrogen and oxygen atoms in total. The smallest absolute Gasteiger partial charge is 0.358 e. The summed E-state index contributed by atoms with van der Waals surface area (Å²) in [6, 6.07) is 0. The summed E-state index contributed by atoms with van der Waals surface area (Å²) < 4.78 is 1.68. The Morgan fingerprint density at radius 2 is 2.07 bits per heavy atom. The number of rotatable bonds is 5. The number of carbonyl (C=O) groups is 1. The second-order valence-electron chi connectivity index (χ2n) is 3.69. The molecule has 15 heavy (non-hydrogen) atoms. The molecular formula is C10H17N3O2. The molecule has 0 saturated heterocycles. The second kappa shape index (κ2) is 4.91. The first kappa shape index (κ1) is 11.7. The van der Waals surface area contributed by atoms with Crippen molar-refractivity contribution in [3.63, 3.8) is 0 Å². The third kappa shape index (κ3) is 2.55. The molecule has 0 aliphatic rings. The van der Waals surface area contributed by atoms with Gasteiger partial charge in [0, 0.05) is 6.54 Å². The average Bonchev–Trinajstić information content (AvgIpc) is 2.56. The van der Waals surface area contributed by atoms with Crippen molar-refractivity contribution in [3.05, 3.63) is 11.4 Å². The van der Waals surface area contributed by atoms with Gasteiger partial charge in [-0.25, -0.2) is 9.48 Å². The number of hydrogen-bond acceptors (Lipinski definition) is 3. The molecule has 1 N–H and O–H groups in total. The normalized spacial score (nSPS) is 10.9. The molecule has 0 aromatic carbocycles. The molecule has 0 spiro atoms. The first-order valence-corrected chi connectivity index (χ1v) is 5.23. The van der Waals surface area contributed by atoms with Crippen molar-refractivity contribution in [2.75, 3.05) is 0 Å². The van der Waals surface area contributed by atoms with E-state index in [0.29, 0.717) is 11.6 Å². The van der Waals surface area contributed by atoms with E-state index in [4.69, 9.17) is 5.11 Å². The standard InChI is InChI=1S/C10H17N3O2/c1-4-8(5-2)6-13-7(3)9(10(14)15)11-12-13/h8H,4-6H2,1-3H3,(H,14,15). The number of aromatic nitrogens is 3. The fraction of sp³-hybridized carbons (Fsp3) is 0.700. The number of carboxylic acids is 1. The van der Waals surface area contributed by atoms with Crippen molar-refractivity contribution in [3.8, 4) is 0 Å². The highest BCUT2D eigenvalue weighted by molar-refractivity contribution is 5.86. The summed E-state index contributed by atoms with van der Waals surface area (Å²) >= 11 is 0. The Morgan fingerprint density at radius 1 is 1.47 bits per heavy atom. The number of hydrogen-bond donors (Lipinski definition) is 1. The van der Waals surface area contributed by atoms with Gasteiger partial charge in [-0.15, -0.1) is 5.10 Å². The lowest BCUT2D eigenvalue weighted by molar-refractivity contribution is 0.0689. The zero-order valence-corrected chi connectivity index (χ0v) is 9.40. The minimum absolute atomic E-state index is 0.0564. The Balaban J connectivity index is 2.82. The molecule has 0 aliphatic carbocycles. The highest BCUT2D eigenvalue weighted by Crippen LogP contribution is 2.12. The summed E-state index contributed by atoms with van der Waals surface area (Å²) in [5.74, 6) is -0.477. The quantitative estimate of drug-likeness (QED) is 0.805. The van der Waals surface area contributed by atoms with E-state index in [1.165, 1.54) is 0 Å². The van der Waals surface area contributed by atoms with Gasteiger partial charge in [0.05, 0.1) is 5.69 Å². The van der Waals surface area contributed by atoms with Gasteiger partial charge in [-0.2, -0.15) is 0 Å². The van der Waals surface area contributed by atoms with Crippen LogP contribution in [0.15, 0.2) is 0 Å². The lowest BCUT2D eigenvalue weighted by Gasteiger charge is -2.12. The summed E-state index contributed by atoms with van der Waals surface area (Å²) in [5, 5.41) is 16.3. The van der Waals surface area contributed by atoms with Crippen LogP contribution < -0.4 is 0 Å². The zero-order chi connectivity index (χ0) is 11.4. The maximum atomic E-state index is 10.7. The monoisotopic (exact) mass is 211 g/mol. The van der Waals surface area contributed by atoms with Gasteiger partial charge < -0.3 is 5.11 Å². The van der Waals surface area contributed by atoms with Gasteiger partial charge in [0.15, 0.2) is 5.69 Å². The highest BCUT2D eigenvalue weighted by atomic mass is 16.4. The Morgan fingerprint density at radius 3 is 2.47 bits per heavy atom. The van der Waals surface area contributed by atoms with E-state index in [0.717, 1.165) is 19.4 Å². The maximum absolute atomic E-state index is 10.7. The summed E-state index contributed by atoms with van der Waals surface area (Å²) in [6.45, 7) is 6.74. The summed E-state index contributed by atoms with van der Waals surface area (Å²) in [7, 11) is 0. The van der Waals surface area contributed by atoms with Crippen molar-refractivity contribution < 1.29 is 9.90 Å². The molecule has 1 aromatic rings. The molecule has 0 unspecified atom stereocenters. The number of aromatic carboxylic acids is 1. The molecule has 0 amide bonds. The Hall–Kier alpha value is -1.39.